The van der Waals surface area contributed by atoms with E-state index in [-0.39, 0.29) is 11.7 Å². The fourth-order valence-electron chi connectivity index (χ4n) is 3.08. The number of hydrogen-bond donors (Lipinski definition) is 0. The lowest BCUT2D eigenvalue weighted by Gasteiger charge is -2.34. The highest BCUT2D eigenvalue weighted by Gasteiger charge is 2.38. The molecule has 0 bridgehead atoms. The van der Waals surface area contributed by atoms with Crippen molar-refractivity contribution in [3.8, 4) is 0 Å². The van der Waals surface area contributed by atoms with E-state index in [0.717, 1.165) is 16.7 Å². The third-order valence-corrected chi connectivity index (χ3v) is 4.23. The van der Waals surface area contributed by atoms with Crippen LogP contribution in [0.2, 0.25) is 0 Å². The quantitative estimate of drug-likeness (QED) is 0.644. The van der Waals surface area contributed by atoms with Crippen LogP contribution in [0.3, 0.4) is 0 Å². The molecule has 3 heteroatoms. The summed E-state index contributed by atoms with van der Waals surface area (Å²) in [7, 11) is 0. The van der Waals surface area contributed by atoms with Crippen LogP contribution >= 0.6 is 11.6 Å². The molecular weight excluding hydrogens is 306 g/mol. The normalized spacial score (nSPS) is 11.2. The van der Waals surface area contributed by atoms with E-state index in [1.807, 2.05) is 72.8 Å². The number of nitrogens with zero attached hydrogens (tertiary/aromatic N) is 1. The van der Waals surface area contributed by atoms with E-state index >= 15 is 0 Å². The molecule has 0 spiro atoms. The lowest BCUT2D eigenvalue weighted by molar-refractivity contribution is -0.112. The minimum atomic E-state index is -0.643. The molecule has 114 valence electrons. The Kier molecular flexibility index (Phi) is 4.54. The summed E-state index contributed by atoms with van der Waals surface area (Å²) in [5, 5.41) is -0.374. The van der Waals surface area contributed by atoms with E-state index < -0.39 is 5.41 Å². The second-order valence-corrected chi connectivity index (χ2v) is 5.83. The van der Waals surface area contributed by atoms with E-state index in [9.17, 15) is 4.79 Å². The van der Waals surface area contributed by atoms with E-state index in [1.54, 1.807) is 12.4 Å². The highest BCUT2D eigenvalue weighted by molar-refractivity contribution is 6.63. The van der Waals surface area contributed by atoms with Gasteiger partial charge >= 0.3 is 0 Å². The number of rotatable bonds is 5. The lowest BCUT2D eigenvalue weighted by atomic mass is 9.68. The second-order valence-electron chi connectivity index (χ2n) is 5.41. The molecule has 1 heterocycles. The first-order chi connectivity index (χ1) is 11.2. The number of benzene rings is 2. The predicted octanol–water partition coefficient (Wildman–Crippen LogP) is 4.57. The summed E-state index contributed by atoms with van der Waals surface area (Å²) in [6.45, 7) is 0. The van der Waals surface area contributed by atoms with Gasteiger partial charge in [-0.2, -0.15) is 0 Å². The predicted molar refractivity (Wildman–Crippen MR) is 92.5 cm³/mol. The molecule has 2 aromatic carbocycles. The molecule has 0 N–H and O–H groups in total. The van der Waals surface area contributed by atoms with Crippen LogP contribution < -0.4 is 0 Å². The third kappa shape index (κ3) is 3.03. The van der Waals surface area contributed by atoms with Crippen molar-refractivity contribution < 1.29 is 4.79 Å². The van der Waals surface area contributed by atoms with Gasteiger partial charge in [-0.1, -0.05) is 66.7 Å². The van der Waals surface area contributed by atoms with Gasteiger partial charge in [0.1, 0.15) is 0 Å². The second kappa shape index (κ2) is 6.76. The van der Waals surface area contributed by atoms with Gasteiger partial charge in [-0.25, -0.2) is 0 Å². The van der Waals surface area contributed by atoms with Crippen LogP contribution in [0.4, 0.5) is 0 Å². The number of carbonyl (C=O) groups excluding carboxylic acids is 1. The summed E-state index contributed by atoms with van der Waals surface area (Å²) in [6, 6.07) is 23.8. The van der Waals surface area contributed by atoms with Gasteiger partial charge in [0.25, 0.3) is 0 Å². The number of hydrogen-bond acceptors (Lipinski definition) is 2. The summed E-state index contributed by atoms with van der Waals surface area (Å²) in [5.74, 6) is 0. The maximum absolute atomic E-state index is 11.9. The minimum absolute atomic E-state index is 0.175. The third-order valence-electron chi connectivity index (χ3n) is 4.09. The summed E-state index contributed by atoms with van der Waals surface area (Å²) >= 11 is 5.85. The van der Waals surface area contributed by atoms with Crippen molar-refractivity contribution in [1.82, 2.24) is 4.98 Å². The minimum Gasteiger partial charge on any atom is -0.281 e. The standard InChI is InChI=1S/C20H16ClNO/c21-19(23)14-20(16-8-3-1-4-9-16,17-10-5-2-6-11-17)18-12-7-13-22-15-18/h1-13,15H,14H2. The van der Waals surface area contributed by atoms with E-state index in [1.165, 1.54) is 0 Å². The molecule has 2 nitrogen and oxygen atoms in total. The Morgan fingerprint density at radius 3 is 1.78 bits per heavy atom. The average Bonchev–Trinajstić information content (AvgIpc) is 2.62. The van der Waals surface area contributed by atoms with Crippen molar-refractivity contribution in [3.63, 3.8) is 0 Å². The molecule has 0 aliphatic carbocycles. The van der Waals surface area contributed by atoms with Gasteiger partial charge in [-0.15, -0.1) is 0 Å². The van der Waals surface area contributed by atoms with Crippen molar-refractivity contribution in [1.29, 1.82) is 0 Å². The fourth-order valence-corrected chi connectivity index (χ4v) is 3.28. The maximum Gasteiger partial charge on any atom is 0.223 e. The molecule has 0 fully saturated rings. The Morgan fingerprint density at radius 1 is 0.826 bits per heavy atom. The van der Waals surface area contributed by atoms with Gasteiger partial charge in [0, 0.05) is 18.8 Å². The molecule has 0 saturated heterocycles. The molecule has 0 amide bonds. The molecule has 0 atom stereocenters. The Hall–Kier alpha value is -2.45. The zero-order chi connectivity index (χ0) is 16.1. The van der Waals surface area contributed by atoms with Gasteiger partial charge in [-0.05, 0) is 34.4 Å². The average molecular weight is 322 g/mol. The number of aromatic nitrogens is 1. The van der Waals surface area contributed by atoms with E-state index in [2.05, 4.69) is 4.98 Å². The van der Waals surface area contributed by atoms with Gasteiger partial charge in [0.05, 0.1) is 5.41 Å². The zero-order valence-electron chi connectivity index (χ0n) is 12.5. The van der Waals surface area contributed by atoms with Crippen LogP contribution in [-0.4, -0.2) is 10.2 Å². The van der Waals surface area contributed by atoms with Crippen LogP contribution in [0.15, 0.2) is 85.2 Å². The van der Waals surface area contributed by atoms with Crippen molar-refractivity contribution in [2.45, 2.75) is 11.8 Å². The smallest absolute Gasteiger partial charge is 0.223 e. The molecule has 0 saturated carbocycles. The Balaban J connectivity index is 2.32. The number of pyridine rings is 1. The summed E-state index contributed by atoms with van der Waals surface area (Å²) in [5.41, 5.74) is 2.35. The molecule has 0 unspecified atom stereocenters. The van der Waals surface area contributed by atoms with Crippen LogP contribution in [0, 0.1) is 0 Å². The highest BCUT2D eigenvalue weighted by atomic mass is 35.5. The Morgan fingerprint density at radius 2 is 1.35 bits per heavy atom. The summed E-state index contributed by atoms with van der Waals surface area (Å²) < 4.78 is 0. The van der Waals surface area contributed by atoms with Crippen LogP contribution in [0.5, 0.6) is 0 Å². The first-order valence-corrected chi connectivity index (χ1v) is 7.81. The number of halogens is 1. The van der Waals surface area contributed by atoms with Crippen molar-refractivity contribution in [2.75, 3.05) is 0 Å². The van der Waals surface area contributed by atoms with Gasteiger partial charge in [0.2, 0.25) is 5.24 Å². The molecule has 23 heavy (non-hydrogen) atoms. The molecule has 3 rings (SSSR count). The molecular formula is C20H16ClNO. The van der Waals surface area contributed by atoms with Gasteiger partial charge in [0.15, 0.2) is 0 Å². The molecule has 1 aromatic heterocycles. The first kappa shape index (κ1) is 15.4. The maximum atomic E-state index is 11.9. The summed E-state index contributed by atoms with van der Waals surface area (Å²) in [6.07, 6.45) is 3.71. The first-order valence-electron chi connectivity index (χ1n) is 7.43. The zero-order valence-corrected chi connectivity index (χ0v) is 13.3. The Labute approximate surface area is 140 Å². The Bertz CT molecular complexity index is 676. The fraction of sp³-hybridized carbons (Fsp3) is 0.100. The van der Waals surface area contributed by atoms with Crippen molar-refractivity contribution in [3.05, 3.63) is 102 Å². The molecule has 3 aromatic rings. The molecule has 0 aliphatic heterocycles. The SMILES string of the molecule is O=C(Cl)CC(c1ccccc1)(c1ccccc1)c1cccnc1. The van der Waals surface area contributed by atoms with Crippen LogP contribution in [0.1, 0.15) is 23.1 Å². The summed E-state index contributed by atoms with van der Waals surface area (Å²) in [4.78, 5) is 16.2. The number of carbonyl (C=O) groups is 1. The topological polar surface area (TPSA) is 30.0 Å². The van der Waals surface area contributed by atoms with Crippen molar-refractivity contribution in [2.24, 2.45) is 0 Å². The van der Waals surface area contributed by atoms with Crippen LogP contribution in [0.25, 0.3) is 0 Å². The monoisotopic (exact) mass is 321 g/mol. The highest BCUT2D eigenvalue weighted by Crippen LogP contribution is 2.42. The van der Waals surface area contributed by atoms with E-state index in [0.29, 0.717) is 0 Å². The van der Waals surface area contributed by atoms with Crippen molar-refractivity contribution >= 4 is 16.8 Å². The van der Waals surface area contributed by atoms with E-state index in [4.69, 9.17) is 11.6 Å². The lowest BCUT2D eigenvalue weighted by Crippen LogP contribution is -2.31. The largest absolute Gasteiger partial charge is 0.281 e. The van der Waals surface area contributed by atoms with Crippen LogP contribution in [-0.2, 0) is 10.2 Å². The molecule has 0 aliphatic rings. The van der Waals surface area contributed by atoms with Gasteiger partial charge in [-0.3, -0.25) is 9.78 Å². The van der Waals surface area contributed by atoms with Gasteiger partial charge < -0.3 is 0 Å². The molecule has 0 radical (unpaired) electrons.